The molecular formula is C14H17FN4O6S2. The lowest BCUT2D eigenvalue weighted by Crippen LogP contribution is -2.17. The predicted octanol–water partition coefficient (Wildman–Crippen LogP) is 1.47. The summed E-state index contributed by atoms with van der Waals surface area (Å²) in [7, 11) is -7.65. The number of halogens is 1. The summed E-state index contributed by atoms with van der Waals surface area (Å²) in [6.45, 7) is 2.59. The second kappa shape index (κ2) is 7.60. The Hall–Kier alpha value is -2.54. The van der Waals surface area contributed by atoms with Gasteiger partial charge in [-0.1, -0.05) is 6.92 Å². The van der Waals surface area contributed by atoms with Gasteiger partial charge in [0, 0.05) is 12.7 Å². The standard InChI is InChI=1S/C14H17FN4O6S2/c1-3-26(22,23)9-8-18-10(2)16-13(14(18)19(20)21)17-27(24,25)12-6-4-11(15)5-7-12/h4-7,17H,3,8-9H2,1-2H3. The number of hydrogen-bond acceptors (Lipinski definition) is 7. The molecule has 1 aromatic heterocycles. The van der Waals surface area contributed by atoms with E-state index >= 15 is 0 Å². The van der Waals surface area contributed by atoms with Crippen molar-refractivity contribution in [2.24, 2.45) is 0 Å². The van der Waals surface area contributed by atoms with Crippen LogP contribution >= 0.6 is 0 Å². The summed E-state index contributed by atoms with van der Waals surface area (Å²) < 4.78 is 64.1. The zero-order valence-corrected chi connectivity index (χ0v) is 16.0. The monoisotopic (exact) mass is 420 g/mol. The summed E-state index contributed by atoms with van der Waals surface area (Å²) in [5.41, 5.74) is 0. The third kappa shape index (κ3) is 4.80. The maximum Gasteiger partial charge on any atom is 0.368 e. The van der Waals surface area contributed by atoms with E-state index in [1.807, 2.05) is 4.72 Å². The van der Waals surface area contributed by atoms with Crippen LogP contribution in [0.2, 0.25) is 0 Å². The number of sulfonamides is 1. The predicted molar refractivity (Wildman–Crippen MR) is 95.2 cm³/mol. The lowest BCUT2D eigenvalue weighted by atomic mass is 10.4. The lowest BCUT2D eigenvalue weighted by molar-refractivity contribution is -0.391. The Bertz CT molecular complexity index is 1060. The number of aryl methyl sites for hydroxylation is 1. The van der Waals surface area contributed by atoms with Gasteiger partial charge in [-0.3, -0.25) is 4.72 Å². The normalized spacial score (nSPS) is 12.1. The smallest absolute Gasteiger partial charge is 0.358 e. The number of rotatable bonds is 8. The molecule has 0 bridgehead atoms. The molecule has 0 amide bonds. The summed E-state index contributed by atoms with van der Waals surface area (Å²) in [4.78, 5) is 14.1. The van der Waals surface area contributed by atoms with E-state index in [0.29, 0.717) is 0 Å². The highest BCUT2D eigenvalue weighted by Crippen LogP contribution is 2.28. The number of nitro groups is 1. The largest absolute Gasteiger partial charge is 0.368 e. The number of benzene rings is 1. The Morgan fingerprint density at radius 1 is 1.22 bits per heavy atom. The SMILES string of the molecule is CCS(=O)(=O)CCn1c(C)nc(NS(=O)(=O)c2ccc(F)cc2)c1[N+](=O)[O-]. The van der Waals surface area contributed by atoms with E-state index < -0.39 is 42.2 Å². The Balaban J connectivity index is 2.41. The number of sulfone groups is 1. The summed E-state index contributed by atoms with van der Waals surface area (Å²) in [5, 5.41) is 11.4. The molecule has 2 rings (SSSR count). The average Bonchev–Trinajstić information content (AvgIpc) is 2.88. The van der Waals surface area contributed by atoms with Gasteiger partial charge in [0.2, 0.25) is 5.82 Å². The van der Waals surface area contributed by atoms with Gasteiger partial charge < -0.3 is 10.1 Å². The van der Waals surface area contributed by atoms with Gasteiger partial charge in [-0.25, -0.2) is 25.8 Å². The van der Waals surface area contributed by atoms with Crippen LogP contribution in [0.5, 0.6) is 0 Å². The zero-order valence-electron chi connectivity index (χ0n) is 14.4. The van der Waals surface area contributed by atoms with Crippen molar-refractivity contribution in [3.63, 3.8) is 0 Å². The second-order valence-electron chi connectivity index (χ2n) is 5.54. The summed E-state index contributed by atoms with van der Waals surface area (Å²) in [6, 6.07) is 3.87. The number of aromatic nitrogens is 2. The molecule has 1 aromatic carbocycles. The lowest BCUT2D eigenvalue weighted by Gasteiger charge is -2.07. The van der Waals surface area contributed by atoms with E-state index in [1.54, 1.807) is 0 Å². The van der Waals surface area contributed by atoms with Crippen molar-refractivity contribution >= 4 is 31.5 Å². The van der Waals surface area contributed by atoms with Gasteiger partial charge in [0.05, 0.1) is 10.6 Å². The molecule has 0 unspecified atom stereocenters. The van der Waals surface area contributed by atoms with Crippen molar-refractivity contribution in [3.8, 4) is 0 Å². The number of nitrogens with zero attached hydrogens (tertiary/aromatic N) is 3. The van der Waals surface area contributed by atoms with Crippen LogP contribution in [0.4, 0.5) is 16.0 Å². The van der Waals surface area contributed by atoms with Crippen molar-refractivity contribution in [1.82, 2.24) is 9.55 Å². The molecule has 27 heavy (non-hydrogen) atoms. The van der Waals surface area contributed by atoms with Crippen LogP contribution in [-0.2, 0) is 26.4 Å². The van der Waals surface area contributed by atoms with Crippen molar-refractivity contribution in [2.75, 3.05) is 16.2 Å². The summed E-state index contributed by atoms with van der Waals surface area (Å²) >= 11 is 0. The molecule has 1 heterocycles. The first-order valence-corrected chi connectivity index (χ1v) is 11.0. The number of hydrogen-bond donors (Lipinski definition) is 1. The van der Waals surface area contributed by atoms with E-state index in [0.717, 1.165) is 28.8 Å². The molecule has 13 heteroatoms. The van der Waals surface area contributed by atoms with Crippen LogP contribution in [0.3, 0.4) is 0 Å². The molecule has 0 saturated carbocycles. The van der Waals surface area contributed by atoms with Crippen LogP contribution in [-0.4, -0.2) is 42.8 Å². The van der Waals surface area contributed by atoms with Crippen LogP contribution in [0.15, 0.2) is 29.2 Å². The Morgan fingerprint density at radius 3 is 2.33 bits per heavy atom. The van der Waals surface area contributed by atoms with E-state index in [-0.39, 0.29) is 28.8 Å². The van der Waals surface area contributed by atoms with Crippen molar-refractivity contribution < 1.29 is 26.1 Å². The van der Waals surface area contributed by atoms with Crippen LogP contribution < -0.4 is 4.72 Å². The fraction of sp³-hybridized carbons (Fsp3) is 0.357. The molecule has 10 nitrogen and oxygen atoms in total. The Morgan fingerprint density at radius 2 is 1.81 bits per heavy atom. The first-order valence-electron chi connectivity index (χ1n) is 7.67. The topological polar surface area (TPSA) is 141 Å². The molecule has 0 spiro atoms. The van der Waals surface area contributed by atoms with E-state index in [9.17, 15) is 31.3 Å². The van der Waals surface area contributed by atoms with Gasteiger partial charge in [0.1, 0.15) is 12.4 Å². The minimum atomic E-state index is -4.25. The van der Waals surface area contributed by atoms with E-state index in [4.69, 9.17) is 0 Å². The molecule has 0 radical (unpaired) electrons. The molecule has 148 valence electrons. The third-order valence-corrected chi connectivity index (χ3v) is 6.76. The maximum absolute atomic E-state index is 13.0. The number of anilines is 1. The Labute approximate surface area is 155 Å². The first-order chi connectivity index (χ1) is 12.5. The van der Waals surface area contributed by atoms with Crippen molar-refractivity contribution in [1.29, 1.82) is 0 Å². The molecule has 0 fully saturated rings. The number of imidazole rings is 1. The molecule has 0 aliphatic heterocycles. The summed E-state index contributed by atoms with van der Waals surface area (Å²) in [5.74, 6) is -2.27. The van der Waals surface area contributed by atoms with Gasteiger partial charge in [-0.2, -0.15) is 4.98 Å². The van der Waals surface area contributed by atoms with Gasteiger partial charge in [-0.15, -0.1) is 0 Å². The van der Waals surface area contributed by atoms with Crippen LogP contribution in [0, 0.1) is 22.9 Å². The van der Waals surface area contributed by atoms with Crippen LogP contribution in [0.1, 0.15) is 12.7 Å². The van der Waals surface area contributed by atoms with Crippen LogP contribution in [0.25, 0.3) is 0 Å². The van der Waals surface area contributed by atoms with E-state index in [1.165, 1.54) is 13.8 Å². The minimum absolute atomic E-state index is 0.0739. The molecule has 0 atom stereocenters. The fourth-order valence-corrected chi connectivity index (χ4v) is 4.00. The highest BCUT2D eigenvalue weighted by molar-refractivity contribution is 7.92. The molecule has 0 saturated heterocycles. The molecule has 0 aliphatic rings. The molecular weight excluding hydrogens is 403 g/mol. The maximum atomic E-state index is 13.0. The molecule has 2 aromatic rings. The van der Waals surface area contributed by atoms with Gasteiger partial charge in [0.15, 0.2) is 15.7 Å². The average molecular weight is 420 g/mol. The second-order valence-corrected chi connectivity index (χ2v) is 9.69. The van der Waals surface area contributed by atoms with Gasteiger partial charge in [0.25, 0.3) is 10.0 Å². The first kappa shape index (κ1) is 20.8. The van der Waals surface area contributed by atoms with Crippen molar-refractivity contribution in [3.05, 3.63) is 46.0 Å². The van der Waals surface area contributed by atoms with Gasteiger partial charge in [-0.05, 0) is 29.2 Å². The highest BCUT2D eigenvalue weighted by atomic mass is 32.2. The quantitative estimate of drug-likeness (QED) is 0.503. The fourth-order valence-electron chi connectivity index (χ4n) is 2.25. The van der Waals surface area contributed by atoms with Gasteiger partial charge >= 0.3 is 5.82 Å². The van der Waals surface area contributed by atoms with Crippen molar-refractivity contribution in [2.45, 2.75) is 25.3 Å². The molecule has 0 aliphatic carbocycles. The highest BCUT2D eigenvalue weighted by Gasteiger charge is 2.29. The van der Waals surface area contributed by atoms with E-state index in [2.05, 4.69) is 4.98 Å². The zero-order chi connectivity index (χ0) is 20.4. The minimum Gasteiger partial charge on any atom is -0.358 e. The number of nitrogens with one attached hydrogen (secondary N) is 1. The summed E-state index contributed by atoms with van der Waals surface area (Å²) in [6.07, 6.45) is 0. The molecule has 1 N–H and O–H groups in total. The third-order valence-electron chi connectivity index (χ3n) is 3.73. The Kier molecular flexibility index (Phi) is 5.85.